The number of nitrogens with one attached hydrogen (secondary N) is 1. The first kappa shape index (κ1) is 11.7. The normalized spacial score (nSPS) is 18.1. The number of H-pyrrole nitrogens is 1. The number of likely N-dealkylation sites (tertiary alicyclic amines) is 1. The third-order valence-corrected chi connectivity index (χ3v) is 3.75. The van der Waals surface area contributed by atoms with Crippen LogP contribution in [0.4, 0.5) is 4.39 Å². The van der Waals surface area contributed by atoms with E-state index in [9.17, 15) is 4.39 Å². The van der Waals surface area contributed by atoms with Crippen LogP contribution in [0.15, 0.2) is 24.3 Å². The molecular weight excluding hydrogens is 227 g/mol. The predicted octanol–water partition coefficient (Wildman–Crippen LogP) is 3.68. The summed E-state index contributed by atoms with van der Waals surface area (Å²) in [7, 11) is 0. The number of halogens is 1. The van der Waals surface area contributed by atoms with Crippen molar-refractivity contribution in [3.05, 3.63) is 35.8 Å². The summed E-state index contributed by atoms with van der Waals surface area (Å²) in [6.45, 7) is 3.24. The quantitative estimate of drug-likeness (QED) is 0.856. The summed E-state index contributed by atoms with van der Waals surface area (Å²) in [5.74, 6) is -0.158. The Morgan fingerprint density at radius 3 is 2.61 bits per heavy atom. The Bertz CT molecular complexity index is 524. The third kappa shape index (κ3) is 2.41. The minimum atomic E-state index is -0.158. The maximum Gasteiger partial charge on any atom is 0.147 e. The Hall–Kier alpha value is -1.35. The number of hydrogen-bond acceptors (Lipinski definition) is 1. The molecule has 2 nitrogen and oxygen atoms in total. The second-order valence-corrected chi connectivity index (χ2v) is 5.19. The molecule has 96 valence electrons. The van der Waals surface area contributed by atoms with E-state index in [1.807, 2.05) is 6.07 Å². The highest BCUT2D eigenvalue weighted by atomic mass is 19.1. The van der Waals surface area contributed by atoms with Crippen molar-refractivity contribution < 1.29 is 4.39 Å². The number of fused-ring (bicyclic) bond motifs is 1. The Labute approximate surface area is 107 Å². The minimum Gasteiger partial charge on any atom is -0.355 e. The molecule has 1 saturated heterocycles. The molecule has 2 heterocycles. The van der Waals surface area contributed by atoms with Gasteiger partial charge in [-0.2, -0.15) is 0 Å². The van der Waals surface area contributed by atoms with Crippen LogP contribution in [0.3, 0.4) is 0 Å². The molecule has 1 aliphatic rings. The first-order valence-corrected chi connectivity index (χ1v) is 6.81. The molecule has 0 atom stereocenters. The maximum atomic E-state index is 13.6. The number of hydrogen-bond donors (Lipinski definition) is 1. The third-order valence-electron chi connectivity index (χ3n) is 3.75. The van der Waals surface area contributed by atoms with Crippen LogP contribution in [0.25, 0.3) is 10.9 Å². The molecule has 0 unspecified atom stereocenters. The molecule has 1 aromatic heterocycles. The van der Waals surface area contributed by atoms with Gasteiger partial charge in [-0.25, -0.2) is 4.39 Å². The van der Waals surface area contributed by atoms with Gasteiger partial charge in [0.25, 0.3) is 0 Å². The van der Waals surface area contributed by atoms with Crippen LogP contribution in [0, 0.1) is 5.82 Å². The van der Waals surface area contributed by atoms with Crippen LogP contribution in [-0.4, -0.2) is 23.0 Å². The van der Waals surface area contributed by atoms with Crippen molar-refractivity contribution >= 4 is 10.9 Å². The van der Waals surface area contributed by atoms with Crippen LogP contribution >= 0.6 is 0 Å². The van der Waals surface area contributed by atoms with Crippen molar-refractivity contribution in [1.82, 2.24) is 9.88 Å². The standard InChI is InChI=1S/C15H19FN2/c16-14-7-5-6-12-10-13(17-15(12)14)11-18-8-3-1-2-4-9-18/h5-7,10,17H,1-4,8-9,11H2. The van der Waals surface area contributed by atoms with E-state index in [0.717, 1.165) is 30.7 Å². The second kappa shape index (κ2) is 5.11. The van der Waals surface area contributed by atoms with Crippen LogP contribution in [0.1, 0.15) is 31.4 Å². The molecule has 0 spiro atoms. The highest BCUT2D eigenvalue weighted by molar-refractivity contribution is 5.80. The molecule has 1 fully saturated rings. The fraction of sp³-hybridized carbons (Fsp3) is 0.467. The lowest BCUT2D eigenvalue weighted by molar-refractivity contribution is 0.274. The lowest BCUT2D eigenvalue weighted by Gasteiger charge is -2.18. The van der Waals surface area contributed by atoms with Gasteiger partial charge in [-0.3, -0.25) is 4.90 Å². The van der Waals surface area contributed by atoms with E-state index in [2.05, 4.69) is 16.0 Å². The van der Waals surface area contributed by atoms with Crippen molar-refractivity contribution in [2.45, 2.75) is 32.2 Å². The number of para-hydroxylation sites is 1. The molecule has 0 saturated carbocycles. The van der Waals surface area contributed by atoms with Crippen LogP contribution < -0.4 is 0 Å². The Kier molecular flexibility index (Phi) is 3.33. The van der Waals surface area contributed by atoms with Gasteiger partial charge in [0, 0.05) is 17.6 Å². The molecule has 3 rings (SSSR count). The summed E-state index contributed by atoms with van der Waals surface area (Å²) < 4.78 is 13.6. The molecule has 0 bridgehead atoms. The first-order valence-electron chi connectivity index (χ1n) is 6.81. The van der Waals surface area contributed by atoms with Crippen LogP contribution in [0.5, 0.6) is 0 Å². The van der Waals surface area contributed by atoms with Crippen LogP contribution in [0.2, 0.25) is 0 Å². The van der Waals surface area contributed by atoms with Crippen molar-refractivity contribution in [2.24, 2.45) is 0 Å². The van der Waals surface area contributed by atoms with E-state index >= 15 is 0 Å². The molecule has 18 heavy (non-hydrogen) atoms. The number of benzene rings is 1. The van der Waals surface area contributed by atoms with Gasteiger partial charge in [-0.1, -0.05) is 25.0 Å². The number of aromatic nitrogens is 1. The van der Waals surface area contributed by atoms with Crippen molar-refractivity contribution in [3.63, 3.8) is 0 Å². The van der Waals surface area contributed by atoms with Crippen molar-refractivity contribution in [3.8, 4) is 0 Å². The van der Waals surface area contributed by atoms with Gasteiger partial charge in [0.1, 0.15) is 5.82 Å². The lowest BCUT2D eigenvalue weighted by Crippen LogP contribution is -2.24. The summed E-state index contributed by atoms with van der Waals surface area (Å²) in [5.41, 5.74) is 1.76. The van der Waals surface area contributed by atoms with Crippen molar-refractivity contribution in [1.29, 1.82) is 0 Å². The monoisotopic (exact) mass is 246 g/mol. The second-order valence-electron chi connectivity index (χ2n) is 5.19. The van der Waals surface area contributed by atoms with Gasteiger partial charge < -0.3 is 4.98 Å². The average Bonchev–Trinajstić information content (AvgIpc) is 2.60. The van der Waals surface area contributed by atoms with E-state index in [1.165, 1.54) is 31.7 Å². The molecule has 0 amide bonds. The van der Waals surface area contributed by atoms with Gasteiger partial charge in [-0.15, -0.1) is 0 Å². The maximum absolute atomic E-state index is 13.6. The van der Waals surface area contributed by atoms with Crippen LogP contribution in [-0.2, 0) is 6.54 Å². The summed E-state index contributed by atoms with van der Waals surface area (Å²) >= 11 is 0. The number of aromatic amines is 1. The zero-order chi connectivity index (χ0) is 12.4. The van der Waals surface area contributed by atoms with Gasteiger partial charge in [0.05, 0.1) is 5.52 Å². The molecule has 0 radical (unpaired) electrons. The summed E-state index contributed by atoms with van der Waals surface area (Å²) in [4.78, 5) is 5.68. The molecule has 1 N–H and O–H groups in total. The van der Waals surface area contributed by atoms with E-state index in [4.69, 9.17) is 0 Å². The number of rotatable bonds is 2. The molecule has 3 heteroatoms. The van der Waals surface area contributed by atoms with Crippen molar-refractivity contribution in [2.75, 3.05) is 13.1 Å². The van der Waals surface area contributed by atoms with E-state index in [-0.39, 0.29) is 5.82 Å². The fourth-order valence-corrected chi connectivity index (χ4v) is 2.80. The van der Waals surface area contributed by atoms with Gasteiger partial charge in [-0.05, 0) is 38.1 Å². The fourth-order valence-electron chi connectivity index (χ4n) is 2.80. The number of nitrogens with zero attached hydrogens (tertiary/aromatic N) is 1. The Balaban J connectivity index is 1.79. The molecule has 1 aromatic carbocycles. The zero-order valence-corrected chi connectivity index (χ0v) is 10.6. The Morgan fingerprint density at radius 2 is 1.89 bits per heavy atom. The summed E-state index contributed by atoms with van der Waals surface area (Å²) in [6.07, 6.45) is 5.26. The highest BCUT2D eigenvalue weighted by Gasteiger charge is 2.11. The van der Waals surface area contributed by atoms with Gasteiger partial charge >= 0.3 is 0 Å². The SMILES string of the molecule is Fc1cccc2cc(CN3CCCCCC3)[nH]c12. The predicted molar refractivity (Wildman–Crippen MR) is 72.0 cm³/mol. The molecule has 2 aromatic rings. The van der Waals surface area contributed by atoms with Gasteiger partial charge in [0.2, 0.25) is 0 Å². The summed E-state index contributed by atoms with van der Waals surface area (Å²) in [5, 5.41) is 0.972. The molecular formula is C15H19FN2. The first-order chi connectivity index (χ1) is 8.83. The highest BCUT2D eigenvalue weighted by Crippen LogP contribution is 2.20. The zero-order valence-electron chi connectivity index (χ0n) is 10.6. The van der Waals surface area contributed by atoms with E-state index < -0.39 is 0 Å². The Morgan fingerprint density at radius 1 is 1.11 bits per heavy atom. The van der Waals surface area contributed by atoms with E-state index in [1.54, 1.807) is 6.07 Å². The topological polar surface area (TPSA) is 19.0 Å². The summed E-state index contributed by atoms with van der Waals surface area (Å²) in [6, 6.07) is 7.31. The average molecular weight is 246 g/mol. The smallest absolute Gasteiger partial charge is 0.147 e. The minimum absolute atomic E-state index is 0.158. The lowest BCUT2D eigenvalue weighted by atomic mass is 10.2. The van der Waals surface area contributed by atoms with Gasteiger partial charge in [0.15, 0.2) is 0 Å². The van der Waals surface area contributed by atoms with E-state index in [0.29, 0.717) is 5.52 Å². The molecule has 0 aliphatic carbocycles. The molecule has 1 aliphatic heterocycles. The largest absolute Gasteiger partial charge is 0.355 e.